The lowest BCUT2D eigenvalue weighted by atomic mass is 10.2. The monoisotopic (exact) mass is 449 g/mol. The highest BCUT2D eigenvalue weighted by atomic mass is 79.9. The Labute approximate surface area is 175 Å². The Morgan fingerprint density at radius 3 is 2.59 bits per heavy atom. The van der Waals surface area contributed by atoms with Crippen LogP contribution in [0.1, 0.15) is 16.2 Å². The second-order valence-corrected chi connectivity index (χ2v) is 7.07. The van der Waals surface area contributed by atoms with Crippen molar-refractivity contribution < 1.29 is 4.79 Å². The number of halogens is 1. The molecule has 3 heterocycles. The molecule has 0 saturated heterocycles. The summed E-state index contributed by atoms with van der Waals surface area (Å²) in [6, 6.07) is 12.7. The van der Waals surface area contributed by atoms with Gasteiger partial charge < -0.3 is 10.6 Å². The van der Waals surface area contributed by atoms with Crippen molar-refractivity contribution in [3.8, 4) is 5.82 Å². The number of carbonyl (C=O) groups is 1. The van der Waals surface area contributed by atoms with Gasteiger partial charge in [-0.2, -0.15) is 5.10 Å². The van der Waals surface area contributed by atoms with E-state index in [1.807, 2.05) is 49.5 Å². The minimum atomic E-state index is -0.227. The van der Waals surface area contributed by atoms with Crippen molar-refractivity contribution in [3.05, 3.63) is 83.1 Å². The van der Waals surface area contributed by atoms with Crippen LogP contribution in [-0.2, 0) is 0 Å². The van der Waals surface area contributed by atoms with E-state index in [1.54, 1.807) is 23.1 Å². The van der Waals surface area contributed by atoms with Gasteiger partial charge in [-0.25, -0.2) is 14.6 Å². The van der Waals surface area contributed by atoms with E-state index in [0.29, 0.717) is 28.7 Å². The maximum Gasteiger partial charge on any atom is 0.257 e. The van der Waals surface area contributed by atoms with Crippen molar-refractivity contribution in [1.82, 2.24) is 24.7 Å². The molecular formula is C20H16BrN7O. The number of rotatable bonds is 5. The molecule has 0 unspecified atom stereocenters. The van der Waals surface area contributed by atoms with E-state index in [9.17, 15) is 4.79 Å². The van der Waals surface area contributed by atoms with Crippen molar-refractivity contribution in [2.75, 3.05) is 10.6 Å². The van der Waals surface area contributed by atoms with Gasteiger partial charge in [0.25, 0.3) is 5.91 Å². The van der Waals surface area contributed by atoms with Gasteiger partial charge >= 0.3 is 0 Å². The summed E-state index contributed by atoms with van der Waals surface area (Å²) in [5.74, 6) is 1.73. The molecule has 144 valence electrons. The smallest absolute Gasteiger partial charge is 0.257 e. The molecule has 0 spiro atoms. The van der Waals surface area contributed by atoms with Crippen LogP contribution < -0.4 is 10.6 Å². The molecule has 1 aromatic carbocycles. The molecule has 1 amide bonds. The fourth-order valence-electron chi connectivity index (χ4n) is 2.66. The zero-order valence-corrected chi connectivity index (χ0v) is 17.0. The lowest BCUT2D eigenvalue weighted by molar-refractivity contribution is 0.102. The van der Waals surface area contributed by atoms with Gasteiger partial charge in [-0.3, -0.25) is 9.78 Å². The third kappa shape index (κ3) is 4.64. The fraction of sp³-hybridized carbons (Fsp3) is 0.0500. The van der Waals surface area contributed by atoms with E-state index in [2.05, 4.69) is 46.6 Å². The van der Waals surface area contributed by atoms with Crippen LogP contribution in [0.5, 0.6) is 0 Å². The summed E-state index contributed by atoms with van der Waals surface area (Å²) < 4.78 is 2.43. The summed E-state index contributed by atoms with van der Waals surface area (Å²) in [4.78, 5) is 25.1. The Morgan fingerprint density at radius 1 is 1.07 bits per heavy atom. The number of aryl methyl sites for hydroxylation is 1. The molecule has 9 heteroatoms. The zero-order valence-electron chi connectivity index (χ0n) is 15.4. The molecule has 0 aliphatic carbocycles. The number of pyridine rings is 1. The molecule has 4 aromatic rings. The van der Waals surface area contributed by atoms with Crippen LogP contribution >= 0.6 is 15.9 Å². The van der Waals surface area contributed by atoms with Crippen molar-refractivity contribution >= 4 is 39.0 Å². The van der Waals surface area contributed by atoms with Gasteiger partial charge in [-0.1, -0.05) is 0 Å². The van der Waals surface area contributed by atoms with Crippen LogP contribution in [0, 0.1) is 6.92 Å². The van der Waals surface area contributed by atoms with E-state index >= 15 is 0 Å². The van der Waals surface area contributed by atoms with E-state index in [-0.39, 0.29) is 5.91 Å². The maximum atomic E-state index is 12.3. The molecule has 4 rings (SSSR count). The second-order valence-electron chi connectivity index (χ2n) is 6.16. The first-order valence-electron chi connectivity index (χ1n) is 8.71. The number of nitrogens with one attached hydrogen (secondary N) is 2. The van der Waals surface area contributed by atoms with Gasteiger partial charge in [-0.05, 0) is 59.3 Å². The van der Waals surface area contributed by atoms with Crippen LogP contribution in [0.2, 0.25) is 0 Å². The Kier molecular flexibility index (Phi) is 5.30. The fourth-order valence-corrected chi connectivity index (χ4v) is 3.03. The first kappa shape index (κ1) is 18.8. The topological polar surface area (TPSA) is 97.6 Å². The molecule has 0 fully saturated rings. The van der Waals surface area contributed by atoms with Crippen LogP contribution in [-0.4, -0.2) is 30.6 Å². The van der Waals surface area contributed by atoms with E-state index in [0.717, 1.165) is 10.2 Å². The predicted octanol–water partition coefficient (Wildman–Crippen LogP) is 4.12. The summed E-state index contributed by atoms with van der Waals surface area (Å²) in [5.41, 5.74) is 1.98. The number of aromatic nitrogens is 5. The highest BCUT2D eigenvalue weighted by Gasteiger charge is 2.08. The molecule has 8 nitrogen and oxygen atoms in total. The zero-order chi connectivity index (χ0) is 20.2. The summed E-state index contributed by atoms with van der Waals surface area (Å²) in [6.07, 6.45) is 6.67. The highest BCUT2D eigenvalue weighted by molar-refractivity contribution is 9.10. The first-order valence-corrected chi connectivity index (χ1v) is 9.51. The number of nitrogens with zero attached hydrogens (tertiary/aromatic N) is 5. The molecule has 29 heavy (non-hydrogen) atoms. The first-order chi connectivity index (χ1) is 14.1. The van der Waals surface area contributed by atoms with E-state index in [4.69, 9.17) is 0 Å². The summed E-state index contributed by atoms with van der Waals surface area (Å²) >= 11 is 3.31. The summed E-state index contributed by atoms with van der Waals surface area (Å²) in [6.45, 7) is 1.83. The average Bonchev–Trinajstić information content (AvgIpc) is 3.24. The van der Waals surface area contributed by atoms with Crippen LogP contribution in [0.25, 0.3) is 5.82 Å². The minimum Gasteiger partial charge on any atom is -0.340 e. The second kappa shape index (κ2) is 8.19. The van der Waals surface area contributed by atoms with E-state index < -0.39 is 0 Å². The molecule has 0 bridgehead atoms. The molecule has 0 aliphatic rings. The third-order valence-corrected chi connectivity index (χ3v) is 4.38. The number of hydrogen-bond donors (Lipinski definition) is 2. The molecule has 0 atom stereocenters. The van der Waals surface area contributed by atoms with Crippen LogP contribution in [0.3, 0.4) is 0 Å². The number of benzene rings is 1. The molecule has 3 aromatic heterocycles. The average molecular weight is 450 g/mol. The Balaban J connectivity index is 1.47. The molecular weight excluding hydrogens is 434 g/mol. The minimum absolute atomic E-state index is 0.227. The lowest BCUT2D eigenvalue weighted by Gasteiger charge is -2.10. The van der Waals surface area contributed by atoms with Gasteiger partial charge in [0.05, 0.1) is 5.56 Å². The van der Waals surface area contributed by atoms with Crippen molar-refractivity contribution in [2.24, 2.45) is 0 Å². The van der Waals surface area contributed by atoms with Crippen LogP contribution in [0.4, 0.5) is 17.2 Å². The number of hydrogen-bond acceptors (Lipinski definition) is 6. The molecule has 0 aliphatic heterocycles. The Bertz CT molecular complexity index is 1140. The number of carbonyl (C=O) groups excluding carboxylic acids is 1. The number of amides is 1. The largest absolute Gasteiger partial charge is 0.340 e. The van der Waals surface area contributed by atoms with Gasteiger partial charge in [0.2, 0.25) is 0 Å². The predicted molar refractivity (Wildman–Crippen MR) is 114 cm³/mol. The van der Waals surface area contributed by atoms with Crippen molar-refractivity contribution in [3.63, 3.8) is 0 Å². The SMILES string of the molecule is Cc1nc(Nc2ccc(NC(=O)c3cncc(Br)c3)cc2)cc(-n2cccn2)n1. The highest BCUT2D eigenvalue weighted by Crippen LogP contribution is 2.20. The summed E-state index contributed by atoms with van der Waals surface area (Å²) in [5, 5.41) is 10.3. The Morgan fingerprint density at radius 2 is 1.86 bits per heavy atom. The molecule has 0 saturated carbocycles. The molecule has 2 N–H and O–H groups in total. The maximum absolute atomic E-state index is 12.3. The quantitative estimate of drug-likeness (QED) is 0.475. The van der Waals surface area contributed by atoms with Crippen molar-refractivity contribution in [1.29, 1.82) is 0 Å². The van der Waals surface area contributed by atoms with Gasteiger partial charge in [0.15, 0.2) is 5.82 Å². The van der Waals surface area contributed by atoms with Gasteiger partial charge in [0, 0.05) is 46.7 Å². The van der Waals surface area contributed by atoms with Crippen molar-refractivity contribution in [2.45, 2.75) is 6.92 Å². The van der Waals surface area contributed by atoms with Gasteiger partial charge in [-0.15, -0.1) is 0 Å². The normalized spacial score (nSPS) is 10.6. The van der Waals surface area contributed by atoms with Gasteiger partial charge in [0.1, 0.15) is 11.6 Å². The third-order valence-electron chi connectivity index (χ3n) is 3.95. The number of anilines is 3. The summed E-state index contributed by atoms with van der Waals surface area (Å²) in [7, 11) is 0. The molecule has 0 radical (unpaired) electrons. The standard InChI is InChI=1S/C20H16BrN7O/c1-13-24-18(10-19(25-13)28-8-2-7-23-28)26-16-3-5-17(6-4-16)27-20(29)14-9-15(21)12-22-11-14/h2-12H,1H3,(H,27,29)(H,24,25,26). The van der Waals surface area contributed by atoms with E-state index in [1.165, 1.54) is 6.20 Å². The Hall–Kier alpha value is -3.59. The lowest BCUT2D eigenvalue weighted by Crippen LogP contribution is -2.12. The van der Waals surface area contributed by atoms with Crippen LogP contribution in [0.15, 0.2) is 71.7 Å².